The molecule has 1 aromatic carbocycles. The van der Waals surface area contributed by atoms with Gasteiger partial charge in [0.25, 0.3) is 0 Å². The second-order valence-electron chi connectivity index (χ2n) is 5.97. The van der Waals surface area contributed by atoms with Gasteiger partial charge in [-0.05, 0) is 24.0 Å². The summed E-state index contributed by atoms with van der Waals surface area (Å²) in [6, 6.07) is 6.05. The molecule has 2 rings (SSSR count). The molecule has 1 aliphatic heterocycles. The first-order valence-corrected chi connectivity index (χ1v) is 7.81. The molecule has 0 aliphatic carbocycles. The first kappa shape index (κ1) is 15.7. The highest BCUT2D eigenvalue weighted by Crippen LogP contribution is 2.24. The molecule has 1 aromatic rings. The van der Waals surface area contributed by atoms with E-state index in [1.165, 1.54) is 6.07 Å². The lowest BCUT2D eigenvalue weighted by atomic mass is 9.97. The maximum atomic E-state index is 13.6. The lowest BCUT2D eigenvalue weighted by molar-refractivity contribution is 0.0900. The van der Waals surface area contributed by atoms with Crippen molar-refractivity contribution in [2.75, 3.05) is 13.1 Å². The maximum absolute atomic E-state index is 13.6. The number of rotatable bonds is 4. The molecule has 0 radical (unpaired) electrons. The van der Waals surface area contributed by atoms with Gasteiger partial charge in [-0.3, -0.25) is 4.90 Å². The van der Waals surface area contributed by atoms with Gasteiger partial charge in [0.2, 0.25) is 0 Å². The van der Waals surface area contributed by atoms with Crippen LogP contribution in [0.3, 0.4) is 0 Å². The third kappa shape index (κ3) is 3.51. The van der Waals surface area contributed by atoms with Gasteiger partial charge in [0.15, 0.2) is 0 Å². The molecule has 1 heterocycles. The molecule has 0 saturated carbocycles. The van der Waals surface area contributed by atoms with Crippen molar-refractivity contribution in [1.29, 1.82) is 0 Å². The Bertz CT molecular complexity index is 450. The SMILES string of the molecule is CCC1CN(Cc2cccc(F)c2Cl)C(C(C)C)CN1. The molecular formula is C16H24ClFN2. The van der Waals surface area contributed by atoms with E-state index >= 15 is 0 Å². The van der Waals surface area contributed by atoms with Crippen LogP contribution in [0.15, 0.2) is 18.2 Å². The second kappa shape index (κ2) is 6.88. The normalized spacial score (nSPS) is 24.3. The first-order chi connectivity index (χ1) is 9.52. The van der Waals surface area contributed by atoms with Crippen molar-refractivity contribution < 1.29 is 4.39 Å². The van der Waals surface area contributed by atoms with E-state index in [2.05, 4.69) is 31.0 Å². The molecule has 1 fully saturated rings. The fraction of sp³-hybridized carbons (Fsp3) is 0.625. The number of nitrogens with one attached hydrogen (secondary N) is 1. The summed E-state index contributed by atoms with van der Waals surface area (Å²) in [5.74, 6) is 0.236. The van der Waals surface area contributed by atoms with Crippen molar-refractivity contribution in [3.8, 4) is 0 Å². The van der Waals surface area contributed by atoms with Crippen LogP contribution in [0.5, 0.6) is 0 Å². The zero-order chi connectivity index (χ0) is 14.7. The van der Waals surface area contributed by atoms with Crippen LogP contribution < -0.4 is 5.32 Å². The Hall–Kier alpha value is -0.640. The molecule has 1 aliphatic rings. The number of piperazine rings is 1. The summed E-state index contributed by atoms with van der Waals surface area (Å²) in [6.07, 6.45) is 1.11. The molecule has 20 heavy (non-hydrogen) atoms. The molecule has 1 saturated heterocycles. The molecule has 2 nitrogen and oxygen atoms in total. The Balaban J connectivity index is 2.16. The summed E-state index contributed by atoms with van der Waals surface area (Å²) in [7, 11) is 0. The molecule has 4 heteroatoms. The van der Waals surface area contributed by atoms with E-state index in [-0.39, 0.29) is 10.8 Å². The minimum atomic E-state index is -0.326. The van der Waals surface area contributed by atoms with Gasteiger partial charge in [-0.1, -0.05) is 44.5 Å². The predicted molar refractivity (Wildman–Crippen MR) is 82.5 cm³/mol. The average molecular weight is 299 g/mol. The van der Waals surface area contributed by atoms with Crippen LogP contribution in [0, 0.1) is 11.7 Å². The van der Waals surface area contributed by atoms with E-state index < -0.39 is 0 Å². The molecular weight excluding hydrogens is 275 g/mol. The summed E-state index contributed by atoms with van der Waals surface area (Å²) >= 11 is 6.09. The topological polar surface area (TPSA) is 15.3 Å². The van der Waals surface area contributed by atoms with Crippen LogP contribution in [0.25, 0.3) is 0 Å². The highest BCUT2D eigenvalue weighted by molar-refractivity contribution is 6.31. The lowest BCUT2D eigenvalue weighted by Crippen LogP contribution is -2.57. The maximum Gasteiger partial charge on any atom is 0.142 e. The van der Waals surface area contributed by atoms with Crippen molar-refractivity contribution in [3.05, 3.63) is 34.6 Å². The van der Waals surface area contributed by atoms with Gasteiger partial charge in [-0.15, -0.1) is 0 Å². The van der Waals surface area contributed by atoms with Gasteiger partial charge >= 0.3 is 0 Å². The van der Waals surface area contributed by atoms with E-state index in [9.17, 15) is 4.39 Å². The molecule has 112 valence electrons. The second-order valence-corrected chi connectivity index (χ2v) is 6.35. The number of hydrogen-bond acceptors (Lipinski definition) is 2. The molecule has 0 bridgehead atoms. The summed E-state index contributed by atoms with van der Waals surface area (Å²) in [5, 5.41) is 3.86. The quantitative estimate of drug-likeness (QED) is 0.912. The van der Waals surface area contributed by atoms with Gasteiger partial charge in [0, 0.05) is 31.7 Å². The van der Waals surface area contributed by atoms with Crippen molar-refractivity contribution in [3.63, 3.8) is 0 Å². The Morgan fingerprint density at radius 1 is 1.45 bits per heavy atom. The monoisotopic (exact) mass is 298 g/mol. The van der Waals surface area contributed by atoms with E-state index in [0.29, 0.717) is 18.0 Å². The fourth-order valence-corrected chi connectivity index (χ4v) is 3.09. The third-order valence-corrected chi connectivity index (χ3v) is 4.63. The highest BCUT2D eigenvalue weighted by Gasteiger charge is 2.29. The Labute approximate surface area is 126 Å². The zero-order valence-corrected chi connectivity index (χ0v) is 13.3. The molecule has 2 atom stereocenters. The summed E-state index contributed by atoms with van der Waals surface area (Å²) < 4.78 is 13.6. The minimum absolute atomic E-state index is 0.265. The first-order valence-electron chi connectivity index (χ1n) is 7.43. The molecule has 2 unspecified atom stereocenters. The van der Waals surface area contributed by atoms with Crippen molar-refractivity contribution >= 4 is 11.6 Å². The van der Waals surface area contributed by atoms with Crippen molar-refractivity contribution in [2.45, 2.75) is 45.8 Å². The van der Waals surface area contributed by atoms with Crippen LogP contribution in [-0.4, -0.2) is 30.1 Å². The lowest BCUT2D eigenvalue weighted by Gasteiger charge is -2.42. The van der Waals surface area contributed by atoms with Crippen LogP contribution in [0.1, 0.15) is 32.8 Å². The van der Waals surface area contributed by atoms with Crippen LogP contribution in [0.4, 0.5) is 4.39 Å². The fourth-order valence-electron chi connectivity index (χ4n) is 2.90. The van der Waals surface area contributed by atoms with E-state index in [1.807, 2.05) is 6.07 Å². The molecule has 0 aromatic heterocycles. The summed E-state index contributed by atoms with van der Waals surface area (Å²) in [6.45, 7) is 9.37. The molecule has 0 spiro atoms. The van der Waals surface area contributed by atoms with Crippen molar-refractivity contribution in [1.82, 2.24) is 10.2 Å². The summed E-state index contributed by atoms with van der Waals surface area (Å²) in [4.78, 5) is 2.44. The highest BCUT2D eigenvalue weighted by atomic mass is 35.5. The Kier molecular flexibility index (Phi) is 5.42. The van der Waals surface area contributed by atoms with Gasteiger partial charge in [0.1, 0.15) is 5.82 Å². The zero-order valence-electron chi connectivity index (χ0n) is 12.5. The standard InChI is InChI=1S/C16H24ClFN2/c1-4-13-10-20(15(8-19-13)11(2)3)9-12-6-5-7-14(18)16(12)17/h5-7,11,13,15,19H,4,8-10H2,1-3H3. The predicted octanol–water partition coefficient (Wildman–Crippen LogP) is 3.69. The summed E-state index contributed by atoms with van der Waals surface area (Å²) in [5.41, 5.74) is 0.883. The number of benzene rings is 1. The smallest absolute Gasteiger partial charge is 0.142 e. The van der Waals surface area contributed by atoms with Gasteiger partial charge in [-0.2, -0.15) is 0 Å². The average Bonchev–Trinajstić information content (AvgIpc) is 2.43. The van der Waals surface area contributed by atoms with E-state index in [4.69, 9.17) is 11.6 Å². The van der Waals surface area contributed by atoms with Gasteiger partial charge < -0.3 is 5.32 Å². The number of nitrogens with zero attached hydrogens (tertiary/aromatic N) is 1. The van der Waals surface area contributed by atoms with Gasteiger partial charge in [0.05, 0.1) is 5.02 Å². The Morgan fingerprint density at radius 3 is 2.85 bits per heavy atom. The minimum Gasteiger partial charge on any atom is -0.311 e. The van der Waals surface area contributed by atoms with Crippen LogP contribution in [0.2, 0.25) is 5.02 Å². The third-order valence-electron chi connectivity index (χ3n) is 4.21. The van der Waals surface area contributed by atoms with E-state index in [1.54, 1.807) is 6.07 Å². The van der Waals surface area contributed by atoms with E-state index in [0.717, 1.165) is 31.6 Å². The molecule has 1 N–H and O–H groups in total. The number of hydrogen-bond donors (Lipinski definition) is 1. The van der Waals surface area contributed by atoms with Gasteiger partial charge in [-0.25, -0.2) is 4.39 Å². The van der Waals surface area contributed by atoms with Crippen molar-refractivity contribution in [2.24, 2.45) is 5.92 Å². The van der Waals surface area contributed by atoms with Crippen LogP contribution in [-0.2, 0) is 6.54 Å². The van der Waals surface area contributed by atoms with Crippen LogP contribution >= 0.6 is 11.6 Å². The number of halogens is 2. The largest absolute Gasteiger partial charge is 0.311 e. The Morgan fingerprint density at radius 2 is 2.20 bits per heavy atom. The molecule has 0 amide bonds.